The van der Waals surface area contributed by atoms with Crippen LogP contribution in [0.4, 0.5) is 0 Å². The summed E-state index contributed by atoms with van der Waals surface area (Å²) in [5.74, 6) is 1.21. The normalized spacial score (nSPS) is 24.0. The number of nitrogens with zero attached hydrogens (tertiary/aromatic N) is 1. The van der Waals surface area contributed by atoms with Gasteiger partial charge in [-0.25, -0.2) is 8.42 Å². The van der Waals surface area contributed by atoms with E-state index in [1.54, 1.807) is 12.0 Å². The van der Waals surface area contributed by atoms with Crippen molar-refractivity contribution in [2.24, 2.45) is 5.92 Å². The molecule has 0 aliphatic carbocycles. The molecule has 3 rings (SSSR count). The van der Waals surface area contributed by atoms with Gasteiger partial charge in [0.2, 0.25) is 5.91 Å². The summed E-state index contributed by atoms with van der Waals surface area (Å²) >= 11 is 0. The fourth-order valence-corrected chi connectivity index (χ4v) is 4.16. The third kappa shape index (κ3) is 3.29. The van der Waals surface area contributed by atoms with Gasteiger partial charge in [0.15, 0.2) is 9.84 Å². The summed E-state index contributed by atoms with van der Waals surface area (Å²) in [5, 5.41) is -0.437. The Bertz CT molecular complexity index is 715. The molecular weight excluding hydrogens is 318 g/mol. The zero-order valence-electron chi connectivity index (χ0n) is 13.3. The lowest BCUT2D eigenvalue weighted by Crippen LogP contribution is -2.40. The Morgan fingerprint density at radius 1 is 1.39 bits per heavy atom. The van der Waals surface area contributed by atoms with Crippen molar-refractivity contribution >= 4 is 15.7 Å². The highest BCUT2D eigenvalue weighted by Gasteiger charge is 2.36. The molecule has 0 bridgehead atoms. The molecule has 1 aromatic carbocycles. The Morgan fingerprint density at radius 2 is 2.17 bits per heavy atom. The molecule has 126 valence electrons. The molecule has 2 aliphatic heterocycles. The molecular formula is C16H21NO5S. The molecule has 0 aromatic heterocycles. The molecule has 23 heavy (non-hydrogen) atoms. The van der Waals surface area contributed by atoms with Gasteiger partial charge in [-0.1, -0.05) is 6.07 Å². The Kier molecular flexibility index (Phi) is 4.23. The van der Waals surface area contributed by atoms with E-state index in [0.717, 1.165) is 17.1 Å². The third-order valence-corrected chi connectivity index (χ3v) is 6.19. The fourth-order valence-electron chi connectivity index (χ4n) is 3.17. The van der Waals surface area contributed by atoms with Crippen LogP contribution in [0.25, 0.3) is 0 Å². The van der Waals surface area contributed by atoms with Gasteiger partial charge in [0, 0.05) is 25.4 Å². The second-order valence-corrected chi connectivity index (χ2v) is 8.54. The van der Waals surface area contributed by atoms with Crippen molar-refractivity contribution < 1.29 is 22.7 Å². The van der Waals surface area contributed by atoms with Gasteiger partial charge in [-0.3, -0.25) is 4.79 Å². The average Bonchev–Trinajstić information content (AvgIpc) is 3.03. The molecule has 0 spiro atoms. The molecule has 0 unspecified atom stereocenters. The first-order chi connectivity index (χ1) is 10.9. The zero-order valence-corrected chi connectivity index (χ0v) is 14.1. The highest BCUT2D eigenvalue weighted by atomic mass is 32.2. The summed E-state index contributed by atoms with van der Waals surface area (Å²) in [6, 6.07) is 5.59. The number of fused-ring (bicyclic) bond motifs is 1. The topological polar surface area (TPSA) is 72.9 Å². The predicted octanol–water partition coefficient (Wildman–Crippen LogP) is 0.892. The molecule has 2 heterocycles. The fraction of sp³-hybridized carbons (Fsp3) is 0.562. The van der Waals surface area contributed by atoms with Gasteiger partial charge in [-0.2, -0.15) is 0 Å². The van der Waals surface area contributed by atoms with Crippen LogP contribution in [0.5, 0.6) is 11.5 Å². The number of likely N-dealkylation sites (tertiary alicyclic amines) is 1. The molecule has 1 saturated heterocycles. The minimum absolute atomic E-state index is 0.0161. The molecule has 1 fully saturated rings. The Hall–Kier alpha value is -1.76. The third-order valence-electron chi connectivity index (χ3n) is 4.59. The first kappa shape index (κ1) is 16.1. The van der Waals surface area contributed by atoms with E-state index in [4.69, 9.17) is 9.47 Å². The molecule has 6 nitrogen and oxygen atoms in total. The van der Waals surface area contributed by atoms with Gasteiger partial charge in [-0.05, 0) is 24.5 Å². The van der Waals surface area contributed by atoms with Crippen molar-refractivity contribution in [3.05, 3.63) is 23.8 Å². The largest absolute Gasteiger partial charge is 0.497 e. The van der Waals surface area contributed by atoms with E-state index in [-0.39, 0.29) is 11.8 Å². The molecule has 2 aliphatic rings. The molecule has 0 N–H and O–H groups in total. The number of sulfone groups is 1. The minimum Gasteiger partial charge on any atom is -0.497 e. The second-order valence-electron chi connectivity index (χ2n) is 6.21. The molecule has 0 saturated carbocycles. The lowest BCUT2D eigenvalue weighted by atomic mass is 9.95. The van der Waals surface area contributed by atoms with Crippen LogP contribution in [-0.2, 0) is 21.1 Å². The summed E-state index contributed by atoms with van der Waals surface area (Å²) in [4.78, 5) is 14.3. The smallest absolute Gasteiger partial charge is 0.229 e. The maximum atomic E-state index is 12.6. The van der Waals surface area contributed by atoms with E-state index >= 15 is 0 Å². The van der Waals surface area contributed by atoms with E-state index in [1.165, 1.54) is 6.26 Å². The average molecular weight is 339 g/mol. The van der Waals surface area contributed by atoms with Crippen molar-refractivity contribution in [2.45, 2.75) is 18.1 Å². The van der Waals surface area contributed by atoms with Gasteiger partial charge < -0.3 is 14.4 Å². The number of hydrogen-bond donors (Lipinski definition) is 0. The van der Waals surface area contributed by atoms with E-state index in [0.29, 0.717) is 32.5 Å². The lowest BCUT2D eigenvalue weighted by molar-refractivity contribution is -0.135. The number of ether oxygens (including phenoxy) is 2. The van der Waals surface area contributed by atoms with Gasteiger partial charge in [-0.15, -0.1) is 0 Å². The lowest BCUT2D eigenvalue weighted by Gasteiger charge is -2.28. The van der Waals surface area contributed by atoms with Crippen LogP contribution in [0.15, 0.2) is 18.2 Å². The van der Waals surface area contributed by atoms with Crippen molar-refractivity contribution in [3.8, 4) is 11.5 Å². The quantitative estimate of drug-likeness (QED) is 0.818. The van der Waals surface area contributed by atoms with Crippen LogP contribution in [0.3, 0.4) is 0 Å². The van der Waals surface area contributed by atoms with Gasteiger partial charge >= 0.3 is 0 Å². The Morgan fingerprint density at radius 3 is 2.83 bits per heavy atom. The number of benzene rings is 1. The summed E-state index contributed by atoms with van der Waals surface area (Å²) in [5.41, 5.74) is 0.981. The van der Waals surface area contributed by atoms with Crippen molar-refractivity contribution in [1.29, 1.82) is 0 Å². The highest BCUT2D eigenvalue weighted by molar-refractivity contribution is 7.91. The van der Waals surface area contributed by atoms with Crippen LogP contribution >= 0.6 is 0 Å². The van der Waals surface area contributed by atoms with Crippen molar-refractivity contribution in [1.82, 2.24) is 4.90 Å². The first-order valence-electron chi connectivity index (χ1n) is 7.66. The maximum absolute atomic E-state index is 12.6. The van der Waals surface area contributed by atoms with Crippen LogP contribution in [0, 0.1) is 5.92 Å². The minimum atomic E-state index is -3.10. The molecule has 2 atom stereocenters. The first-order valence-corrected chi connectivity index (χ1v) is 9.61. The molecule has 0 radical (unpaired) electrons. The number of methoxy groups -OCH3 is 1. The van der Waals surface area contributed by atoms with Crippen LogP contribution in [0.1, 0.15) is 12.0 Å². The number of amides is 1. The Labute approximate surface area is 136 Å². The zero-order chi connectivity index (χ0) is 16.6. The Balaban J connectivity index is 1.68. The molecule has 7 heteroatoms. The number of carbonyl (C=O) groups is 1. The summed E-state index contributed by atoms with van der Waals surface area (Å²) < 4.78 is 34.1. The monoisotopic (exact) mass is 339 g/mol. The van der Waals surface area contributed by atoms with E-state index in [1.807, 2.05) is 18.2 Å². The number of hydrogen-bond acceptors (Lipinski definition) is 5. The van der Waals surface area contributed by atoms with E-state index in [2.05, 4.69) is 0 Å². The van der Waals surface area contributed by atoms with Gasteiger partial charge in [0.25, 0.3) is 0 Å². The highest BCUT2D eigenvalue weighted by Crippen LogP contribution is 2.32. The van der Waals surface area contributed by atoms with Gasteiger partial charge in [0.05, 0.1) is 18.3 Å². The number of carbonyl (C=O) groups excluding carboxylic acids is 1. The van der Waals surface area contributed by atoms with Crippen LogP contribution < -0.4 is 9.47 Å². The summed E-state index contributed by atoms with van der Waals surface area (Å²) in [6.07, 6.45) is 2.36. The van der Waals surface area contributed by atoms with E-state index in [9.17, 15) is 13.2 Å². The molecule has 1 amide bonds. The van der Waals surface area contributed by atoms with Gasteiger partial charge in [0.1, 0.15) is 18.1 Å². The second kappa shape index (κ2) is 6.03. The standard InChI is InChI=1S/C16H21NO5S/c1-21-13-4-3-11-7-12(10-22-15(11)8-13)16(18)17-6-5-14(9-17)23(2,19)20/h3-4,8,12,14H,5-7,9-10H2,1-2H3/t12-,14+/m1/s1. The predicted molar refractivity (Wildman–Crippen MR) is 85.5 cm³/mol. The van der Waals surface area contributed by atoms with Crippen molar-refractivity contribution in [2.75, 3.05) is 33.1 Å². The SMILES string of the molecule is COc1ccc2c(c1)OC[C@H](C(=O)N1CC[C@H](S(C)(=O)=O)C1)C2. The molecule has 1 aromatic rings. The number of rotatable bonds is 3. The van der Waals surface area contributed by atoms with Crippen LogP contribution in [-0.4, -0.2) is 57.5 Å². The summed E-state index contributed by atoms with van der Waals surface area (Å²) in [7, 11) is -1.50. The van der Waals surface area contributed by atoms with E-state index < -0.39 is 15.1 Å². The van der Waals surface area contributed by atoms with Crippen LogP contribution in [0.2, 0.25) is 0 Å². The van der Waals surface area contributed by atoms with Crippen molar-refractivity contribution in [3.63, 3.8) is 0 Å². The summed E-state index contributed by atoms with van der Waals surface area (Å²) in [6.45, 7) is 1.12. The maximum Gasteiger partial charge on any atom is 0.229 e.